The molecule has 6 nitrogen and oxygen atoms in total. The third-order valence-corrected chi connectivity index (χ3v) is 1.62. The number of nitrogens with one attached hydrogen (secondary N) is 1. The SMILES string of the molecule is NCCOCCNC(=O)c1cncnc1. The molecule has 1 aromatic rings. The standard InChI is InChI=1S/C9H14N4O2/c10-1-3-15-4-2-13-9(14)8-5-11-7-12-6-8/h5-7H,1-4,10H2,(H,13,14). The summed E-state index contributed by atoms with van der Waals surface area (Å²) in [6.07, 6.45) is 4.30. The highest BCUT2D eigenvalue weighted by atomic mass is 16.5. The van der Waals surface area contributed by atoms with Gasteiger partial charge in [0.15, 0.2) is 0 Å². The maximum Gasteiger partial charge on any atom is 0.254 e. The second kappa shape index (κ2) is 6.86. The number of aromatic nitrogens is 2. The van der Waals surface area contributed by atoms with E-state index >= 15 is 0 Å². The van der Waals surface area contributed by atoms with E-state index in [1.165, 1.54) is 18.7 Å². The lowest BCUT2D eigenvalue weighted by Gasteiger charge is -2.04. The van der Waals surface area contributed by atoms with Crippen molar-refractivity contribution in [2.24, 2.45) is 5.73 Å². The molecule has 0 unspecified atom stereocenters. The number of carbonyl (C=O) groups excluding carboxylic acids is 1. The first-order chi connectivity index (χ1) is 7.34. The Kier molecular flexibility index (Phi) is 5.28. The zero-order valence-corrected chi connectivity index (χ0v) is 8.35. The van der Waals surface area contributed by atoms with Gasteiger partial charge in [-0.1, -0.05) is 0 Å². The van der Waals surface area contributed by atoms with E-state index in [-0.39, 0.29) is 5.91 Å². The van der Waals surface area contributed by atoms with Crippen LogP contribution >= 0.6 is 0 Å². The predicted molar refractivity (Wildman–Crippen MR) is 54.2 cm³/mol. The summed E-state index contributed by atoms with van der Waals surface area (Å²) in [7, 11) is 0. The van der Waals surface area contributed by atoms with Crippen LogP contribution in [0.5, 0.6) is 0 Å². The molecular formula is C9H14N4O2. The highest BCUT2D eigenvalue weighted by molar-refractivity contribution is 5.93. The fraction of sp³-hybridized carbons (Fsp3) is 0.444. The molecule has 0 spiro atoms. The summed E-state index contributed by atoms with van der Waals surface area (Å²) >= 11 is 0. The van der Waals surface area contributed by atoms with E-state index in [1.54, 1.807) is 0 Å². The van der Waals surface area contributed by atoms with Gasteiger partial charge in [0.05, 0.1) is 18.8 Å². The largest absolute Gasteiger partial charge is 0.378 e. The first-order valence-corrected chi connectivity index (χ1v) is 4.65. The predicted octanol–water partition coefficient (Wildman–Crippen LogP) is -0.818. The Labute approximate surface area is 87.9 Å². The average molecular weight is 210 g/mol. The Morgan fingerprint density at radius 3 is 2.80 bits per heavy atom. The lowest BCUT2D eigenvalue weighted by atomic mass is 10.3. The van der Waals surface area contributed by atoms with E-state index in [0.29, 0.717) is 31.9 Å². The summed E-state index contributed by atoms with van der Waals surface area (Å²) in [6, 6.07) is 0. The summed E-state index contributed by atoms with van der Waals surface area (Å²) in [5.41, 5.74) is 5.67. The van der Waals surface area contributed by atoms with Crippen LogP contribution in [0.25, 0.3) is 0 Å². The van der Waals surface area contributed by atoms with Crippen LogP contribution < -0.4 is 11.1 Å². The number of ether oxygens (including phenoxy) is 1. The number of carbonyl (C=O) groups is 1. The van der Waals surface area contributed by atoms with Gasteiger partial charge in [0.25, 0.3) is 5.91 Å². The van der Waals surface area contributed by atoms with Gasteiger partial charge < -0.3 is 15.8 Å². The van der Waals surface area contributed by atoms with Crippen LogP contribution in [0, 0.1) is 0 Å². The molecule has 0 fully saturated rings. The van der Waals surface area contributed by atoms with Gasteiger partial charge in [0, 0.05) is 25.5 Å². The summed E-state index contributed by atoms with van der Waals surface area (Å²) in [5, 5.41) is 2.67. The number of hydrogen-bond acceptors (Lipinski definition) is 5. The van der Waals surface area contributed by atoms with Crippen molar-refractivity contribution in [2.45, 2.75) is 0 Å². The molecule has 0 aliphatic heterocycles. The Balaban J connectivity index is 2.20. The molecule has 82 valence electrons. The minimum absolute atomic E-state index is 0.202. The normalized spacial score (nSPS) is 9.93. The lowest BCUT2D eigenvalue weighted by Crippen LogP contribution is -2.28. The molecule has 0 saturated heterocycles. The topological polar surface area (TPSA) is 90.1 Å². The molecule has 1 rings (SSSR count). The van der Waals surface area contributed by atoms with E-state index < -0.39 is 0 Å². The number of nitrogens with two attached hydrogens (primary N) is 1. The first kappa shape index (κ1) is 11.5. The zero-order valence-electron chi connectivity index (χ0n) is 8.35. The monoisotopic (exact) mass is 210 g/mol. The molecule has 0 radical (unpaired) electrons. The molecule has 3 N–H and O–H groups in total. The third-order valence-electron chi connectivity index (χ3n) is 1.62. The summed E-state index contributed by atoms with van der Waals surface area (Å²) in [6.45, 7) is 1.90. The average Bonchev–Trinajstić information content (AvgIpc) is 2.30. The summed E-state index contributed by atoms with van der Waals surface area (Å²) in [4.78, 5) is 18.9. The maximum atomic E-state index is 11.4. The van der Waals surface area contributed by atoms with Crippen molar-refractivity contribution < 1.29 is 9.53 Å². The molecular weight excluding hydrogens is 196 g/mol. The van der Waals surface area contributed by atoms with Gasteiger partial charge in [0.1, 0.15) is 6.33 Å². The molecule has 1 aromatic heterocycles. The molecule has 6 heteroatoms. The number of hydrogen-bond donors (Lipinski definition) is 2. The number of nitrogens with zero attached hydrogens (tertiary/aromatic N) is 2. The molecule has 1 heterocycles. The van der Waals surface area contributed by atoms with Crippen molar-refractivity contribution in [3.05, 3.63) is 24.3 Å². The Morgan fingerprint density at radius 2 is 2.13 bits per heavy atom. The zero-order chi connectivity index (χ0) is 10.9. The molecule has 0 atom stereocenters. The Hall–Kier alpha value is -1.53. The van der Waals surface area contributed by atoms with E-state index in [1.807, 2.05) is 0 Å². The second-order valence-electron chi connectivity index (χ2n) is 2.78. The minimum Gasteiger partial charge on any atom is -0.378 e. The quantitative estimate of drug-likeness (QED) is 0.599. The van der Waals surface area contributed by atoms with E-state index in [0.717, 1.165) is 0 Å². The fourth-order valence-electron chi connectivity index (χ4n) is 0.941. The summed E-state index contributed by atoms with van der Waals surface area (Å²) in [5.74, 6) is -0.202. The van der Waals surface area contributed by atoms with Crippen LogP contribution in [0.4, 0.5) is 0 Å². The van der Waals surface area contributed by atoms with E-state index in [9.17, 15) is 4.79 Å². The second-order valence-corrected chi connectivity index (χ2v) is 2.78. The van der Waals surface area contributed by atoms with Crippen LogP contribution in [0.2, 0.25) is 0 Å². The molecule has 1 amide bonds. The smallest absolute Gasteiger partial charge is 0.254 e. The van der Waals surface area contributed by atoms with Gasteiger partial charge in [-0.15, -0.1) is 0 Å². The van der Waals surface area contributed by atoms with Crippen molar-refractivity contribution in [3.63, 3.8) is 0 Å². The van der Waals surface area contributed by atoms with Crippen LogP contribution in [-0.2, 0) is 4.74 Å². The fourth-order valence-corrected chi connectivity index (χ4v) is 0.941. The highest BCUT2D eigenvalue weighted by Gasteiger charge is 2.03. The van der Waals surface area contributed by atoms with Gasteiger partial charge in [-0.25, -0.2) is 9.97 Å². The van der Waals surface area contributed by atoms with Crippen molar-refractivity contribution in [2.75, 3.05) is 26.3 Å². The van der Waals surface area contributed by atoms with Crippen LogP contribution in [0.1, 0.15) is 10.4 Å². The third kappa shape index (κ3) is 4.48. The maximum absolute atomic E-state index is 11.4. The van der Waals surface area contributed by atoms with Crippen LogP contribution in [-0.4, -0.2) is 42.2 Å². The highest BCUT2D eigenvalue weighted by Crippen LogP contribution is 1.91. The Bertz CT molecular complexity index is 291. The first-order valence-electron chi connectivity index (χ1n) is 4.65. The molecule has 0 bridgehead atoms. The molecule has 0 saturated carbocycles. The van der Waals surface area contributed by atoms with Crippen molar-refractivity contribution in [1.29, 1.82) is 0 Å². The van der Waals surface area contributed by atoms with Crippen molar-refractivity contribution >= 4 is 5.91 Å². The van der Waals surface area contributed by atoms with Gasteiger partial charge in [-0.3, -0.25) is 4.79 Å². The van der Waals surface area contributed by atoms with Crippen molar-refractivity contribution in [1.82, 2.24) is 15.3 Å². The molecule has 0 aliphatic carbocycles. The summed E-state index contributed by atoms with van der Waals surface area (Å²) < 4.78 is 5.10. The van der Waals surface area contributed by atoms with Gasteiger partial charge in [0.2, 0.25) is 0 Å². The lowest BCUT2D eigenvalue weighted by molar-refractivity contribution is 0.0919. The minimum atomic E-state index is -0.202. The number of rotatable bonds is 6. The van der Waals surface area contributed by atoms with E-state index in [4.69, 9.17) is 10.5 Å². The molecule has 0 aromatic carbocycles. The van der Waals surface area contributed by atoms with Crippen LogP contribution in [0.3, 0.4) is 0 Å². The van der Waals surface area contributed by atoms with E-state index in [2.05, 4.69) is 15.3 Å². The molecule has 0 aliphatic rings. The van der Waals surface area contributed by atoms with Gasteiger partial charge >= 0.3 is 0 Å². The van der Waals surface area contributed by atoms with Gasteiger partial charge in [-0.2, -0.15) is 0 Å². The van der Waals surface area contributed by atoms with Gasteiger partial charge in [-0.05, 0) is 0 Å². The van der Waals surface area contributed by atoms with Crippen molar-refractivity contribution in [3.8, 4) is 0 Å². The van der Waals surface area contributed by atoms with Crippen LogP contribution in [0.15, 0.2) is 18.7 Å². The molecule has 15 heavy (non-hydrogen) atoms. The Morgan fingerprint density at radius 1 is 1.40 bits per heavy atom. The number of amides is 1.